The zero-order chi connectivity index (χ0) is 36.9. The van der Waals surface area contributed by atoms with Crippen LogP contribution in [0.2, 0.25) is 0 Å². The van der Waals surface area contributed by atoms with Crippen molar-refractivity contribution < 1.29 is 63.7 Å². The van der Waals surface area contributed by atoms with E-state index in [0.29, 0.717) is 22.3 Å². The van der Waals surface area contributed by atoms with Gasteiger partial charge in [0.2, 0.25) is 0 Å². The molecule has 8 nitrogen and oxygen atoms in total. The molecule has 1 aliphatic heterocycles. The summed E-state index contributed by atoms with van der Waals surface area (Å²) in [6, 6.07) is 6.46. The van der Waals surface area contributed by atoms with Crippen LogP contribution in [0, 0.1) is 5.92 Å². The van der Waals surface area contributed by atoms with Gasteiger partial charge in [0, 0.05) is 57.4 Å². The Morgan fingerprint density at radius 1 is 0.939 bits per heavy atom. The van der Waals surface area contributed by atoms with Crippen LogP contribution in [0.25, 0.3) is 0 Å². The fourth-order valence-electron chi connectivity index (χ4n) is 5.59. The second-order valence-electron chi connectivity index (χ2n) is 12.6. The molecule has 17 heteroatoms. The number of nitrogens with zero attached hydrogens (tertiary/aromatic N) is 3. The number of amides is 1. The van der Waals surface area contributed by atoms with Crippen LogP contribution in [0.5, 0.6) is 5.75 Å². The highest BCUT2D eigenvalue weighted by Crippen LogP contribution is 2.44. The Bertz CT molecular complexity index is 1410. The largest absolute Gasteiger partial charge is 0.497 e. The van der Waals surface area contributed by atoms with Gasteiger partial charge >= 0.3 is 30.6 Å². The van der Waals surface area contributed by atoms with Gasteiger partial charge in [-0.3, -0.25) is 9.69 Å². The van der Waals surface area contributed by atoms with Crippen LogP contribution in [-0.4, -0.2) is 84.3 Å². The first-order valence-electron chi connectivity index (χ1n) is 15.1. The van der Waals surface area contributed by atoms with Crippen LogP contribution in [-0.2, 0) is 28.8 Å². The minimum absolute atomic E-state index is 0.0318. The number of hydrogen-bond donors (Lipinski definition) is 1. The molecule has 1 aliphatic rings. The smallest absolute Gasteiger partial charge is 0.416 e. The molecule has 3 rings (SSSR count). The molecule has 1 N–H and O–H groups in total. The number of ether oxygens (including phenoxy) is 2. The zero-order valence-corrected chi connectivity index (χ0v) is 27.2. The summed E-state index contributed by atoms with van der Waals surface area (Å²) >= 11 is 0. The molecule has 0 radical (unpaired) electrons. The van der Waals surface area contributed by atoms with Gasteiger partial charge in [-0.05, 0) is 62.6 Å². The first-order chi connectivity index (χ1) is 22.5. The van der Waals surface area contributed by atoms with E-state index in [9.17, 15) is 54.2 Å². The minimum atomic E-state index is -5.81. The maximum atomic E-state index is 14.0. The Balaban J connectivity index is 2.10. The normalized spacial score (nSPS) is 16.5. The number of hydrogen-bond acceptors (Lipinski definition) is 6. The van der Waals surface area contributed by atoms with E-state index in [1.165, 1.54) is 12.0 Å². The van der Waals surface area contributed by atoms with Crippen molar-refractivity contribution in [3.8, 4) is 5.75 Å². The van der Waals surface area contributed by atoms with Gasteiger partial charge in [-0.25, -0.2) is 4.79 Å². The number of methoxy groups -OCH3 is 1. The molecule has 49 heavy (non-hydrogen) atoms. The summed E-state index contributed by atoms with van der Waals surface area (Å²) in [4.78, 5) is 26.7. The van der Waals surface area contributed by atoms with Gasteiger partial charge in [-0.15, -0.1) is 0 Å². The number of halogens is 9. The van der Waals surface area contributed by atoms with Gasteiger partial charge < -0.3 is 24.4 Å². The van der Waals surface area contributed by atoms with Gasteiger partial charge in [-0.1, -0.05) is 18.2 Å². The van der Waals surface area contributed by atoms with E-state index in [1.54, 1.807) is 45.0 Å². The van der Waals surface area contributed by atoms with Crippen molar-refractivity contribution >= 4 is 17.7 Å². The van der Waals surface area contributed by atoms with Gasteiger partial charge in [0.25, 0.3) is 0 Å². The van der Waals surface area contributed by atoms with Crippen molar-refractivity contribution in [1.82, 2.24) is 9.80 Å². The third-order valence-electron chi connectivity index (χ3n) is 7.78. The predicted octanol–water partition coefficient (Wildman–Crippen LogP) is 7.75. The lowest BCUT2D eigenvalue weighted by Gasteiger charge is -2.45. The number of carboxylic acid groups (broad SMARTS) is 1. The van der Waals surface area contributed by atoms with E-state index in [2.05, 4.69) is 0 Å². The monoisotopic (exact) mass is 715 g/mol. The van der Waals surface area contributed by atoms with E-state index in [-0.39, 0.29) is 37.2 Å². The molecule has 2 aromatic rings. The van der Waals surface area contributed by atoms with Gasteiger partial charge in [0.15, 0.2) is 5.92 Å². The summed E-state index contributed by atoms with van der Waals surface area (Å²) in [7, 11) is 1.43. The molecule has 1 saturated heterocycles. The fraction of sp³-hybridized carbons (Fsp3) is 0.562. The third-order valence-corrected chi connectivity index (χ3v) is 7.78. The molecule has 0 saturated carbocycles. The number of alkyl halides is 9. The fourth-order valence-corrected chi connectivity index (χ4v) is 5.59. The predicted molar refractivity (Wildman–Crippen MR) is 160 cm³/mol. The number of carbonyl (C=O) groups is 2. The quantitative estimate of drug-likeness (QED) is 0.188. The molecule has 1 unspecified atom stereocenters. The van der Waals surface area contributed by atoms with Gasteiger partial charge in [0.1, 0.15) is 11.4 Å². The summed E-state index contributed by atoms with van der Waals surface area (Å²) in [5.74, 6) is -4.04. The van der Waals surface area contributed by atoms with Crippen molar-refractivity contribution in [3.63, 3.8) is 0 Å². The third kappa shape index (κ3) is 11.3. The van der Waals surface area contributed by atoms with Gasteiger partial charge in [0.05, 0.1) is 12.7 Å². The maximum Gasteiger partial charge on any atom is 0.416 e. The number of piperazine rings is 1. The molecule has 0 aromatic heterocycles. The topological polar surface area (TPSA) is 82.5 Å². The van der Waals surface area contributed by atoms with Crippen LogP contribution in [0.4, 0.5) is 50.0 Å². The number of anilines is 1. The van der Waals surface area contributed by atoms with E-state index < -0.39 is 79.9 Å². The molecule has 2 aromatic carbocycles. The molecule has 1 atom stereocenters. The standard InChI is InChI=1S/C32H38F9N3O5/c1-29(2,3)49-26(45)6-5-13-42(17-20-7-11-23(48-4)12-8-20)24-16-22(30(33,34)35)10-9-21(24)18-43-14-15-44(28(46)47)19-25(43)27(31(36,37)38)32(39,40)41/h7-12,16,25,27H,5-6,13-15,17-19H2,1-4H3,(H,46,47). The highest BCUT2D eigenvalue weighted by molar-refractivity contribution is 5.70. The summed E-state index contributed by atoms with van der Waals surface area (Å²) in [6.07, 6.45) is -18.3. The highest BCUT2D eigenvalue weighted by Gasteiger charge is 2.62. The molecule has 1 heterocycles. The number of carbonyl (C=O) groups excluding carboxylic acids is 1. The molecule has 0 aliphatic carbocycles. The van der Waals surface area contributed by atoms with Crippen LogP contribution in [0.15, 0.2) is 42.5 Å². The van der Waals surface area contributed by atoms with Crippen LogP contribution in [0.3, 0.4) is 0 Å². The Morgan fingerprint density at radius 2 is 1.55 bits per heavy atom. The van der Waals surface area contributed by atoms with Crippen LogP contribution < -0.4 is 9.64 Å². The number of rotatable bonds is 11. The Hall–Kier alpha value is -3.89. The lowest BCUT2D eigenvalue weighted by atomic mass is 9.93. The molecule has 0 bridgehead atoms. The first kappa shape index (κ1) is 39.5. The van der Waals surface area contributed by atoms with Crippen molar-refractivity contribution in [2.24, 2.45) is 5.92 Å². The van der Waals surface area contributed by atoms with Crippen molar-refractivity contribution in [1.29, 1.82) is 0 Å². The Morgan fingerprint density at radius 3 is 2.06 bits per heavy atom. The second kappa shape index (κ2) is 15.3. The maximum absolute atomic E-state index is 14.0. The van der Waals surface area contributed by atoms with Crippen molar-refractivity contribution in [2.45, 2.75) is 76.9 Å². The van der Waals surface area contributed by atoms with Crippen molar-refractivity contribution in [3.05, 3.63) is 59.2 Å². The summed E-state index contributed by atoms with van der Waals surface area (Å²) in [5.41, 5.74) is -1.52. The first-order valence-corrected chi connectivity index (χ1v) is 15.1. The Kier molecular flexibility index (Phi) is 12.4. The summed E-state index contributed by atoms with van der Waals surface area (Å²) in [6.45, 7) is 2.05. The molecule has 274 valence electrons. The van der Waals surface area contributed by atoms with E-state index in [4.69, 9.17) is 9.47 Å². The lowest BCUT2D eigenvalue weighted by Crippen LogP contribution is -2.62. The van der Waals surface area contributed by atoms with E-state index in [1.807, 2.05) is 0 Å². The molecule has 0 spiro atoms. The molecule has 1 fully saturated rings. The van der Waals surface area contributed by atoms with E-state index in [0.717, 1.165) is 17.0 Å². The Labute approximate surface area is 277 Å². The second-order valence-corrected chi connectivity index (χ2v) is 12.6. The SMILES string of the molecule is COc1ccc(CN(CCCC(=O)OC(C)(C)C)c2cc(C(F)(F)F)ccc2CN2CCN(C(=O)O)CC2C(C(F)(F)F)C(F)(F)F)cc1. The molecule has 1 amide bonds. The lowest BCUT2D eigenvalue weighted by molar-refractivity contribution is -0.302. The van der Waals surface area contributed by atoms with E-state index >= 15 is 0 Å². The number of esters is 1. The highest BCUT2D eigenvalue weighted by atomic mass is 19.4. The molecular weight excluding hydrogens is 677 g/mol. The summed E-state index contributed by atoms with van der Waals surface area (Å²) < 4.78 is 136. The van der Waals surface area contributed by atoms with Crippen LogP contribution in [0.1, 0.15) is 50.3 Å². The summed E-state index contributed by atoms with van der Waals surface area (Å²) in [5, 5.41) is 9.39. The van der Waals surface area contributed by atoms with Crippen LogP contribution >= 0.6 is 0 Å². The van der Waals surface area contributed by atoms with Gasteiger partial charge in [-0.2, -0.15) is 39.5 Å². The molecular formula is C32H38F9N3O5. The zero-order valence-electron chi connectivity index (χ0n) is 27.2. The number of benzene rings is 2. The average molecular weight is 716 g/mol. The average Bonchev–Trinajstić information content (AvgIpc) is 2.95. The van der Waals surface area contributed by atoms with Crippen molar-refractivity contribution in [2.75, 3.05) is 38.2 Å². The minimum Gasteiger partial charge on any atom is -0.497 e.